The molecule has 1 aromatic rings. The average molecular weight is 236 g/mol. The van der Waals surface area contributed by atoms with Crippen molar-refractivity contribution in [3.05, 3.63) is 28.0 Å². The first kappa shape index (κ1) is 11.6. The molecule has 4 heteroatoms. The van der Waals surface area contributed by atoms with E-state index in [1.54, 1.807) is 0 Å². The van der Waals surface area contributed by atoms with Gasteiger partial charge in [-0.05, 0) is 37.0 Å². The van der Waals surface area contributed by atoms with E-state index >= 15 is 0 Å². The molecule has 0 spiro atoms. The highest BCUT2D eigenvalue weighted by molar-refractivity contribution is 6.31. The Balaban J connectivity index is 0.000000980. The van der Waals surface area contributed by atoms with E-state index in [0.29, 0.717) is 10.7 Å². The minimum atomic E-state index is -0.231. The van der Waals surface area contributed by atoms with Gasteiger partial charge in [0, 0.05) is 11.6 Å². The maximum atomic E-state index is 13.4. The fourth-order valence-electron chi connectivity index (χ4n) is 1.75. The number of hydrogen-bond acceptors (Lipinski definition) is 1. The van der Waals surface area contributed by atoms with Crippen LogP contribution in [0.5, 0.6) is 0 Å². The van der Waals surface area contributed by atoms with Gasteiger partial charge >= 0.3 is 0 Å². The molecule has 0 bridgehead atoms. The van der Waals surface area contributed by atoms with Crippen molar-refractivity contribution in [1.29, 1.82) is 0 Å². The van der Waals surface area contributed by atoms with Crippen molar-refractivity contribution in [3.8, 4) is 0 Å². The normalized spacial score (nSPS) is 13.9. The first-order valence-electron chi connectivity index (χ1n) is 4.41. The predicted octanol–water partition coefficient (Wildman–Crippen LogP) is 3.57. The smallest absolute Gasteiger partial charge is 0.148 e. The summed E-state index contributed by atoms with van der Waals surface area (Å²) in [5.41, 5.74) is 2.69. The Bertz CT molecular complexity index is 352. The molecule has 0 aliphatic carbocycles. The Morgan fingerprint density at radius 2 is 2.21 bits per heavy atom. The summed E-state index contributed by atoms with van der Waals surface area (Å²) in [4.78, 5) is 0. The quantitative estimate of drug-likeness (QED) is 0.726. The Kier molecular flexibility index (Phi) is 3.62. The second-order valence-corrected chi connectivity index (χ2v) is 3.76. The maximum absolute atomic E-state index is 13.4. The molecule has 0 radical (unpaired) electrons. The third-order valence-electron chi connectivity index (χ3n) is 2.51. The first-order valence-corrected chi connectivity index (χ1v) is 4.79. The van der Waals surface area contributed by atoms with E-state index < -0.39 is 0 Å². The highest BCUT2D eigenvalue weighted by Gasteiger charge is 2.17. The van der Waals surface area contributed by atoms with Gasteiger partial charge in [0.1, 0.15) is 5.82 Å². The summed E-state index contributed by atoms with van der Waals surface area (Å²) >= 11 is 5.88. The predicted molar refractivity (Wildman–Crippen MR) is 60.2 cm³/mol. The molecule has 1 heterocycles. The Morgan fingerprint density at radius 1 is 1.50 bits per heavy atom. The summed E-state index contributed by atoms with van der Waals surface area (Å²) < 4.78 is 13.4. The van der Waals surface area contributed by atoms with Gasteiger partial charge in [-0.25, -0.2) is 4.39 Å². The molecule has 0 aromatic heterocycles. The summed E-state index contributed by atoms with van der Waals surface area (Å²) in [6.07, 6.45) is 1.97. The van der Waals surface area contributed by atoms with Gasteiger partial charge in [0.15, 0.2) is 0 Å². The van der Waals surface area contributed by atoms with Crippen molar-refractivity contribution in [2.75, 3.05) is 11.9 Å². The lowest BCUT2D eigenvalue weighted by molar-refractivity contribution is 0.622. The van der Waals surface area contributed by atoms with Crippen LogP contribution >= 0.6 is 24.0 Å². The molecule has 78 valence electrons. The van der Waals surface area contributed by atoms with Crippen molar-refractivity contribution in [2.45, 2.75) is 19.8 Å². The third-order valence-corrected chi connectivity index (χ3v) is 2.90. The van der Waals surface area contributed by atoms with Crippen LogP contribution < -0.4 is 5.32 Å². The fraction of sp³-hybridized carbons (Fsp3) is 0.400. The second kappa shape index (κ2) is 4.37. The van der Waals surface area contributed by atoms with Gasteiger partial charge < -0.3 is 5.32 Å². The molecular formula is C10H12Cl2FN. The average Bonchev–Trinajstić information content (AvgIpc) is 2.15. The molecule has 0 saturated heterocycles. The number of halogens is 3. The Morgan fingerprint density at radius 3 is 2.93 bits per heavy atom. The SMILES string of the molecule is Cc1c(Cl)cc(F)c2c1CCCN2.Cl. The molecule has 0 atom stereocenters. The van der Waals surface area contributed by atoms with Crippen LogP contribution in [0.2, 0.25) is 5.02 Å². The van der Waals surface area contributed by atoms with Gasteiger partial charge in [0.2, 0.25) is 0 Å². The largest absolute Gasteiger partial charge is 0.382 e. The van der Waals surface area contributed by atoms with Crippen LogP contribution in [0.1, 0.15) is 17.5 Å². The minimum absolute atomic E-state index is 0. The Hall–Kier alpha value is -0.470. The topological polar surface area (TPSA) is 12.0 Å². The van der Waals surface area contributed by atoms with Crippen LogP contribution in [-0.4, -0.2) is 6.54 Å². The molecule has 0 amide bonds. The van der Waals surface area contributed by atoms with Crippen LogP contribution in [0.4, 0.5) is 10.1 Å². The molecule has 0 saturated carbocycles. The van der Waals surface area contributed by atoms with Crippen molar-refractivity contribution in [2.24, 2.45) is 0 Å². The zero-order valence-electron chi connectivity index (χ0n) is 7.86. The van der Waals surface area contributed by atoms with E-state index in [2.05, 4.69) is 5.32 Å². The lowest BCUT2D eigenvalue weighted by atomic mass is 9.98. The number of rotatable bonds is 0. The molecule has 14 heavy (non-hydrogen) atoms. The molecule has 1 nitrogen and oxygen atoms in total. The van der Waals surface area contributed by atoms with Gasteiger partial charge in [0.25, 0.3) is 0 Å². The van der Waals surface area contributed by atoms with E-state index in [9.17, 15) is 4.39 Å². The Labute approximate surface area is 94.1 Å². The van der Waals surface area contributed by atoms with Crippen LogP contribution in [-0.2, 0) is 6.42 Å². The van der Waals surface area contributed by atoms with Crippen LogP contribution in [0, 0.1) is 12.7 Å². The lowest BCUT2D eigenvalue weighted by Crippen LogP contribution is -2.14. The summed E-state index contributed by atoms with van der Waals surface area (Å²) in [6.45, 7) is 2.79. The number of nitrogens with one attached hydrogen (secondary N) is 1. The molecule has 1 N–H and O–H groups in total. The van der Waals surface area contributed by atoms with Crippen molar-refractivity contribution in [3.63, 3.8) is 0 Å². The third kappa shape index (κ3) is 1.82. The first-order chi connectivity index (χ1) is 6.20. The van der Waals surface area contributed by atoms with Crippen LogP contribution in [0.25, 0.3) is 0 Å². The molecule has 1 aliphatic rings. The van der Waals surface area contributed by atoms with Gasteiger partial charge in [-0.3, -0.25) is 0 Å². The molecule has 2 rings (SSSR count). The van der Waals surface area contributed by atoms with Crippen molar-refractivity contribution >= 4 is 29.7 Å². The zero-order chi connectivity index (χ0) is 9.42. The lowest BCUT2D eigenvalue weighted by Gasteiger charge is -2.21. The maximum Gasteiger partial charge on any atom is 0.148 e. The minimum Gasteiger partial charge on any atom is -0.382 e. The molecule has 1 aliphatic heterocycles. The number of benzene rings is 1. The van der Waals surface area contributed by atoms with E-state index in [-0.39, 0.29) is 18.2 Å². The molecular weight excluding hydrogens is 224 g/mol. The highest BCUT2D eigenvalue weighted by atomic mass is 35.5. The highest BCUT2D eigenvalue weighted by Crippen LogP contribution is 2.32. The van der Waals surface area contributed by atoms with Crippen LogP contribution in [0.15, 0.2) is 6.07 Å². The summed E-state index contributed by atoms with van der Waals surface area (Å²) in [7, 11) is 0. The van der Waals surface area contributed by atoms with Crippen LogP contribution in [0.3, 0.4) is 0 Å². The van der Waals surface area contributed by atoms with E-state index in [1.807, 2.05) is 6.92 Å². The number of hydrogen-bond donors (Lipinski definition) is 1. The molecule has 0 fully saturated rings. The van der Waals surface area contributed by atoms with E-state index in [0.717, 1.165) is 30.5 Å². The summed E-state index contributed by atoms with van der Waals surface area (Å²) in [6, 6.07) is 1.38. The van der Waals surface area contributed by atoms with E-state index in [1.165, 1.54) is 6.07 Å². The van der Waals surface area contributed by atoms with Crippen molar-refractivity contribution < 1.29 is 4.39 Å². The van der Waals surface area contributed by atoms with E-state index in [4.69, 9.17) is 11.6 Å². The number of fused-ring (bicyclic) bond motifs is 1. The number of anilines is 1. The van der Waals surface area contributed by atoms with Gasteiger partial charge in [-0.15, -0.1) is 12.4 Å². The summed E-state index contributed by atoms with van der Waals surface area (Å²) in [5.74, 6) is -0.231. The summed E-state index contributed by atoms with van der Waals surface area (Å²) in [5, 5.41) is 3.59. The molecule has 0 unspecified atom stereocenters. The van der Waals surface area contributed by atoms with Gasteiger partial charge in [-0.2, -0.15) is 0 Å². The van der Waals surface area contributed by atoms with Gasteiger partial charge in [0.05, 0.1) is 5.69 Å². The fourth-order valence-corrected chi connectivity index (χ4v) is 1.96. The zero-order valence-corrected chi connectivity index (χ0v) is 9.44. The second-order valence-electron chi connectivity index (χ2n) is 3.35. The van der Waals surface area contributed by atoms with Crippen molar-refractivity contribution in [1.82, 2.24) is 0 Å². The monoisotopic (exact) mass is 235 g/mol. The molecule has 1 aromatic carbocycles. The standard InChI is InChI=1S/C10H11ClFN.ClH/c1-6-7-3-2-4-13-10(7)9(12)5-8(6)11;/h5,13H,2-4H2,1H3;1H. The van der Waals surface area contributed by atoms with Gasteiger partial charge in [-0.1, -0.05) is 11.6 Å².